The Hall–Kier alpha value is -3.67. The second kappa shape index (κ2) is 10.9. The van der Waals surface area contributed by atoms with Gasteiger partial charge in [0.2, 0.25) is 0 Å². The summed E-state index contributed by atoms with van der Waals surface area (Å²) in [5, 5.41) is 14.8. The quantitative estimate of drug-likeness (QED) is 0.238. The van der Waals surface area contributed by atoms with Crippen molar-refractivity contribution < 1.29 is 23.0 Å². The molecular formula is C36H39F3N6O2. The molecule has 0 spiro atoms. The lowest BCUT2D eigenvalue weighted by Gasteiger charge is -2.39. The summed E-state index contributed by atoms with van der Waals surface area (Å²) >= 11 is 0. The number of piperidine rings is 1. The molecule has 4 N–H and O–H groups in total. The number of anilines is 1. The molecule has 4 aromatic rings. The van der Waals surface area contributed by atoms with Crippen molar-refractivity contribution in [1.82, 2.24) is 20.2 Å². The van der Waals surface area contributed by atoms with E-state index in [4.69, 9.17) is 15.5 Å². The maximum absolute atomic E-state index is 16.8. The average Bonchev–Trinajstić information content (AvgIpc) is 3.69. The maximum atomic E-state index is 16.8. The molecule has 1 aromatic heterocycles. The van der Waals surface area contributed by atoms with Crippen molar-refractivity contribution in [2.45, 2.75) is 81.6 Å². The largest absolute Gasteiger partial charge is 0.508 e. The van der Waals surface area contributed by atoms with Gasteiger partial charge in [-0.2, -0.15) is 9.97 Å². The first-order valence-electron chi connectivity index (χ1n) is 17.0. The number of hydrogen-bond donors (Lipinski definition) is 3. The number of ether oxygens (including phenoxy) is 1. The van der Waals surface area contributed by atoms with Crippen LogP contribution in [0.25, 0.3) is 32.8 Å². The third-order valence-electron chi connectivity index (χ3n) is 11.5. The van der Waals surface area contributed by atoms with Gasteiger partial charge in [-0.1, -0.05) is 12.1 Å². The van der Waals surface area contributed by atoms with Crippen molar-refractivity contribution >= 4 is 27.5 Å². The number of nitrogens with two attached hydrogens (primary N) is 1. The number of hydrogen-bond acceptors (Lipinski definition) is 8. The lowest BCUT2D eigenvalue weighted by atomic mass is 9.95. The van der Waals surface area contributed by atoms with Crippen molar-refractivity contribution in [2.24, 2.45) is 11.1 Å². The molecular weight excluding hydrogens is 605 g/mol. The van der Waals surface area contributed by atoms with Crippen molar-refractivity contribution in [3.63, 3.8) is 0 Å². The summed E-state index contributed by atoms with van der Waals surface area (Å²) in [7, 11) is 0. The number of halogens is 3. The van der Waals surface area contributed by atoms with Gasteiger partial charge < -0.3 is 25.8 Å². The van der Waals surface area contributed by atoms with Crippen molar-refractivity contribution in [2.75, 3.05) is 31.1 Å². The Morgan fingerprint density at radius 2 is 1.66 bits per heavy atom. The Labute approximate surface area is 271 Å². The first kappa shape index (κ1) is 29.5. The SMILES string of the molecule is NC1CC2CCC(C1)N2CC1(COc2nc(N3CC4CCC(C3)N4)c3ccc(-c4cc(O)cc5ccc(F)c(F)c45)c(F)c3n2)CC1. The highest BCUT2D eigenvalue weighted by atomic mass is 19.2. The van der Waals surface area contributed by atoms with Crippen molar-refractivity contribution in [3.05, 3.63) is 53.8 Å². The zero-order valence-corrected chi connectivity index (χ0v) is 26.2. The number of piperazine rings is 1. The minimum absolute atomic E-state index is 0.0105. The van der Waals surface area contributed by atoms with E-state index in [0.29, 0.717) is 42.0 Å². The lowest BCUT2D eigenvalue weighted by molar-refractivity contribution is 0.0808. The van der Waals surface area contributed by atoms with Crippen LogP contribution >= 0.6 is 0 Å². The van der Waals surface area contributed by atoms with Crippen LogP contribution in [0.2, 0.25) is 0 Å². The predicted octanol–water partition coefficient (Wildman–Crippen LogP) is 5.63. The zero-order chi connectivity index (χ0) is 32.0. The van der Waals surface area contributed by atoms with E-state index >= 15 is 8.78 Å². The number of aromatic hydroxyl groups is 1. The molecule has 0 radical (unpaired) electrons. The Morgan fingerprint density at radius 1 is 0.915 bits per heavy atom. The monoisotopic (exact) mass is 644 g/mol. The number of nitrogens with one attached hydrogen (secondary N) is 1. The number of nitrogens with zero attached hydrogens (tertiary/aromatic N) is 4. The van der Waals surface area contributed by atoms with Crippen LogP contribution in [0.1, 0.15) is 51.4 Å². The summed E-state index contributed by atoms with van der Waals surface area (Å²) in [6.07, 6.45) is 8.75. The van der Waals surface area contributed by atoms with E-state index in [1.165, 1.54) is 31.0 Å². The number of phenolic OH excluding ortho intramolecular Hbond substituents is 1. The van der Waals surface area contributed by atoms with E-state index in [1.807, 2.05) is 0 Å². The lowest BCUT2D eigenvalue weighted by Crippen LogP contribution is -2.51. The van der Waals surface area contributed by atoms with Crippen LogP contribution in [-0.4, -0.2) is 76.4 Å². The molecule has 4 atom stereocenters. The van der Waals surface area contributed by atoms with E-state index in [1.54, 1.807) is 12.1 Å². The summed E-state index contributed by atoms with van der Waals surface area (Å²) in [4.78, 5) is 14.4. The molecule has 5 heterocycles. The number of phenols is 1. The molecule has 5 fully saturated rings. The number of rotatable bonds is 7. The fourth-order valence-corrected chi connectivity index (χ4v) is 8.91. The molecule has 11 heteroatoms. The van der Waals surface area contributed by atoms with Gasteiger partial charge in [0.15, 0.2) is 17.5 Å². The third-order valence-corrected chi connectivity index (χ3v) is 11.5. The second-order valence-electron chi connectivity index (χ2n) is 14.7. The van der Waals surface area contributed by atoms with Crippen LogP contribution in [0, 0.1) is 22.9 Å². The van der Waals surface area contributed by atoms with E-state index in [-0.39, 0.29) is 50.6 Å². The Balaban J connectivity index is 1.10. The van der Waals surface area contributed by atoms with Gasteiger partial charge in [0.1, 0.15) is 17.1 Å². The first-order chi connectivity index (χ1) is 22.7. The number of aromatic nitrogens is 2. The summed E-state index contributed by atoms with van der Waals surface area (Å²) in [5.41, 5.74) is 6.45. The van der Waals surface area contributed by atoms with E-state index < -0.39 is 17.5 Å². The van der Waals surface area contributed by atoms with Crippen molar-refractivity contribution in [1.29, 1.82) is 0 Å². The van der Waals surface area contributed by atoms with Gasteiger partial charge in [-0.05, 0) is 86.6 Å². The Bertz CT molecular complexity index is 1880. The summed E-state index contributed by atoms with van der Waals surface area (Å²) in [5.74, 6) is -2.42. The molecule has 4 aliphatic heterocycles. The van der Waals surface area contributed by atoms with Gasteiger partial charge >= 0.3 is 6.01 Å². The van der Waals surface area contributed by atoms with Gasteiger partial charge in [0, 0.05) is 71.6 Å². The van der Waals surface area contributed by atoms with Gasteiger partial charge in [-0.3, -0.25) is 4.90 Å². The van der Waals surface area contributed by atoms with Crippen LogP contribution in [-0.2, 0) is 0 Å². The highest BCUT2D eigenvalue weighted by Gasteiger charge is 2.50. The highest BCUT2D eigenvalue weighted by Crippen LogP contribution is 2.50. The molecule has 0 amide bonds. The fourth-order valence-electron chi connectivity index (χ4n) is 8.91. The molecule has 4 saturated heterocycles. The first-order valence-corrected chi connectivity index (χ1v) is 17.0. The van der Waals surface area contributed by atoms with Gasteiger partial charge in [-0.25, -0.2) is 13.2 Å². The van der Waals surface area contributed by atoms with E-state index in [0.717, 1.165) is 64.2 Å². The average molecular weight is 645 g/mol. The third kappa shape index (κ3) is 5.09. The predicted molar refractivity (Wildman–Crippen MR) is 174 cm³/mol. The maximum Gasteiger partial charge on any atom is 0.319 e. The van der Waals surface area contributed by atoms with Gasteiger partial charge in [0.05, 0.1) is 6.61 Å². The van der Waals surface area contributed by atoms with Gasteiger partial charge in [-0.15, -0.1) is 0 Å². The molecule has 47 heavy (non-hydrogen) atoms. The molecule has 4 bridgehead atoms. The molecule has 5 aliphatic rings. The number of benzene rings is 3. The molecule has 1 saturated carbocycles. The van der Waals surface area contributed by atoms with Gasteiger partial charge in [0.25, 0.3) is 0 Å². The summed E-state index contributed by atoms with van der Waals surface area (Å²) in [6.45, 7) is 2.87. The summed E-state index contributed by atoms with van der Waals surface area (Å²) < 4.78 is 52.7. The van der Waals surface area contributed by atoms with Crippen LogP contribution in [0.15, 0.2) is 36.4 Å². The van der Waals surface area contributed by atoms with Crippen LogP contribution < -0.4 is 20.7 Å². The molecule has 9 rings (SSSR count). The Kier molecular flexibility index (Phi) is 6.85. The molecule has 246 valence electrons. The van der Waals surface area contributed by atoms with E-state index in [2.05, 4.69) is 20.1 Å². The molecule has 1 aliphatic carbocycles. The minimum Gasteiger partial charge on any atom is -0.508 e. The minimum atomic E-state index is -1.10. The topological polar surface area (TPSA) is 99.8 Å². The molecule has 8 nitrogen and oxygen atoms in total. The van der Waals surface area contributed by atoms with E-state index in [9.17, 15) is 9.50 Å². The second-order valence-corrected chi connectivity index (χ2v) is 14.7. The van der Waals surface area contributed by atoms with Crippen LogP contribution in [0.3, 0.4) is 0 Å². The highest BCUT2D eigenvalue weighted by molar-refractivity contribution is 6.01. The van der Waals surface area contributed by atoms with Crippen molar-refractivity contribution in [3.8, 4) is 22.9 Å². The number of fused-ring (bicyclic) bond motifs is 6. The molecule has 4 unspecified atom stereocenters. The zero-order valence-electron chi connectivity index (χ0n) is 26.2. The normalized spacial score (nSPS) is 28.0. The van der Waals surface area contributed by atoms with Crippen LogP contribution in [0.4, 0.5) is 19.0 Å². The smallest absolute Gasteiger partial charge is 0.319 e. The fraction of sp³-hybridized carbons (Fsp3) is 0.500. The molecule has 3 aromatic carbocycles. The standard InChI is InChI=1S/C36H39F3N6O2/c37-29-8-1-19-11-25(46)14-28(30(19)32(29)39)26-6-7-27-33(31(26)38)42-35(43-34(27)44-15-21-2-3-22(16-44)41-21)47-18-36(9-10-36)17-45-23-4-5-24(45)13-20(40)12-23/h1,6-8,11,14,20-24,41,46H,2-5,9-10,12-13,15-18,40H2. The Morgan fingerprint density at radius 3 is 2.38 bits per heavy atom. The summed E-state index contributed by atoms with van der Waals surface area (Å²) in [6, 6.07) is 10.4. The van der Waals surface area contributed by atoms with Crippen LogP contribution in [0.5, 0.6) is 11.8 Å².